The number of carbonyl (C=O) groups excluding carboxylic acids is 1. The average molecular weight is 407 g/mol. The maximum atomic E-state index is 12.1. The van der Waals surface area contributed by atoms with Gasteiger partial charge in [0, 0.05) is 7.05 Å². The summed E-state index contributed by atoms with van der Waals surface area (Å²) in [5, 5.41) is 17.0. The smallest absolute Gasteiger partial charge is 0.298 e. The molecule has 3 rings (SSSR count). The third kappa shape index (κ3) is 3.76. The molecule has 1 aliphatic heterocycles. The Kier molecular flexibility index (Phi) is 5.11. The highest BCUT2D eigenvalue weighted by Crippen LogP contribution is 2.41. The zero-order chi connectivity index (χ0) is 19.7. The lowest BCUT2D eigenvalue weighted by Crippen LogP contribution is -2.23. The molecule has 2 aromatic carbocycles. The van der Waals surface area contributed by atoms with Gasteiger partial charge in [-0.05, 0) is 25.1 Å². The minimum absolute atomic E-state index is 0.0106. The molecule has 0 bridgehead atoms. The molecule has 27 heavy (non-hydrogen) atoms. The number of hydrazone groups is 1. The van der Waals surface area contributed by atoms with E-state index in [0.29, 0.717) is 16.5 Å². The average Bonchev–Trinajstić information content (AvgIpc) is 2.85. The fourth-order valence-corrected chi connectivity index (χ4v) is 2.74. The number of nitro benzene ring substituents is 1. The highest BCUT2D eigenvalue weighted by molar-refractivity contribution is 6.68. The van der Waals surface area contributed by atoms with Crippen LogP contribution < -0.4 is 4.74 Å². The Balaban J connectivity index is 2.06. The number of para-hydroxylation sites is 1. The maximum absolute atomic E-state index is 12.1. The Bertz CT molecular complexity index is 1020. The first kappa shape index (κ1) is 18.8. The predicted octanol–water partition coefficient (Wildman–Crippen LogP) is 4.61. The zero-order valence-electron chi connectivity index (χ0n) is 14.1. The summed E-state index contributed by atoms with van der Waals surface area (Å²) in [7, 11) is 1.47. The second-order valence-electron chi connectivity index (χ2n) is 5.54. The van der Waals surface area contributed by atoms with Gasteiger partial charge in [0.25, 0.3) is 11.6 Å². The number of halogens is 2. The van der Waals surface area contributed by atoms with Gasteiger partial charge < -0.3 is 4.74 Å². The topological polar surface area (TPSA) is 97.4 Å². The lowest BCUT2D eigenvalue weighted by atomic mass is 10.2. The molecule has 10 heteroatoms. The summed E-state index contributed by atoms with van der Waals surface area (Å²) in [5.41, 5.74) is -0.0884. The van der Waals surface area contributed by atoms with Crippen LogP contribution in [-0.2, 0) is 4.79 Å². The third-order valence-electron chi connectivity index (χ3n) is 3.65. The normalized spacial score (nSPS) is 15.3. The SMILES string of the molecule is CC1=NN(C)C(=O)C1=Nc1cc(Cl)c(Oc2ccccc2Cl)cc1[N+](=O)[O-]. The minimum atomic E-state index is -0.634. The number of hydrogen-bond acceptors (Lipinski definition) is 6. The largest absolute Gasteiger partial charge is 0.454 e. The van der Waals surface area contributed by atoms with E-state index >= 15 is 0 Å². The molecule has 8 nitrogen and oxygen atoms in total. The van der Waals surface area contributed by atoms with Crippen LogP contribution in [0.2, 0.25) is 10.0 Å². The zero-order valence-corrected chi connectivity index (χ0v) is 15.7. The van der Waals surface area contributed by atoms with Crippen molar-refractivity contribution < 1.29 is 14.5 Å². The fraction of sp³-hybridized carbons (Fsp3) is 0.118. The van der Waals surface area contributed by atoms with Crippen LogP contribution in [0.15, 0.2) is 46.5 Å². The molecule has 0 N–H and O–H groups in total. The van der Waals surface area contributed by atoms with Gasteiger partial charge in [-0.15, -0.1) is 0 Å². The fourth-order valence-electron chi connectivity index (χ4n) is 2.37. The number of nitrogens with zero attached hydrogens (tertiary/aromatic N) is 4. The highest BCUT2D eigenvalue weighted by Gasteiger charge is 2.28. The van der Waals surface area contributed by atoms with Gasteiger partial charge in [0.1, 0.15) is 11.4 Å². The minimum Gasteiger partial charge on any atom is -0.454 e. The molecule has 0 aliphatic carbocycles. The summed E-state index contributed by atoms with van der Waals surface area (Å²) in [4.78, 5) is 27.0. The molecule has 0 saturated carbocycles. The molecule has 0 aromatic heterocycles. The summed E-state index contributed by atoms with van der Waals surface area (Å²) < 4.78 is 5.60. The van der Waals surface area contributed by atoms with Crippen molar-refractivity contribution in [1.29, 1.82) is 0 Å². The number of carbonyl (C=O) groups is 1. The van der Waals surface area contributed by atoms with Crippen LogP contribution >= 0.6 is 23.2 Å². The molecule has 2 aromatic rings. The van der Waals surface area contributed by atoms with Crippen LogP contribution in [0.4, 0.5) is 11.4 Å². The first-order valence-electron chi connectivity index (χ1n) is 7.60. The molecule has 138 valence electrons. The third-order valence-corrected chi connectivity index (χ3v) is 4.26. The van der Waals surface area contributed by atoms with Crippen molar-refractivity contribution in [3.63, 3.8) is 0 Å². The van der Waals surface area contributed by atoms with Crippen molar-refractivity contribution in [3.8, 4) is 11.5 Å². The highest BCUT2D eigenvalue weighted by atomic mass is 35.5. The summed E-state index contributed by atoms with van der Waals surface area (Å²) in [5.74, 6) is -0.125. The Hall–Kier alpha value is -2.97. The van der Waals surface area contributed by atoms with Gasteiger partial charge in [0.15, 0.2) is 11.5 Å². The second-order valence-corrected chi connectivity index (χ2v) is 6.35. The van der Waals surface area contributed by atoms with Gasteiger partial charge in [-0.1, -0.05) is 35.3 Å². The van der Waals surface area contributed by atoms with Crippen molar-refractivity contribution in [2.24, 2.45) is 10.1 Å². The number of amides is 1. The number of benzene rings is 2. The van der Waals surface area contributed by atoms with Crippen LogP contribution in [0.3, 0.4) is 0 Å². The van der Waals surface area contributed by atoms with Crippen molar-refractivity contribution in [3.05, 3.63) is 56.6 Å². The lowest BCUT2D eigenvalue weighted by molar-refractivity contribution is -0.384. The molecular weight excluding hydrogens is 395 g/mol. The van der Waals surface area contributed by atoms with E-state index in [-0.39, 0.29) is 27.9 Å². The monoisotopic (exact) mass is 406 g/mol. The predicted molar refractivity (Wildman–Crippen MR) is 103 cm³/mol. The van der Waals surface area contributed by atoms with E-state index in [1.165, 1.54) is 13.1 Å². The maximum Gasteiger partial charge on any atom is 0.298 e. The van der Waals surface area contributed by atoms with E-state index in [9.17, 15) is 14.9 Å². The Labute approximate surface area is 163 Å². The Morgan fingerprint density at radius 3 is 2.48 bits per heavy atom. The van der Waals surface area contributed by atoms with Crippen molar-refractivity contribution in [2.75, 3.05) is 7.05 Å². The second kappa shape index (κ2) is 7.34. The number of aliphatic imine (C=N–C) groups is 1. The molecule has 0 spiro atoms. The van der Waals surface area contributed by atoms with Crippen molar-refractivity contribution >= 4 is 51.9 Å². The first-order chi connectivity index (χ1) is 12.8. The Morgan fingerprint density at radius 2 is 1.89 bits per heavy atom. The number of ether oxygens (including phenoxy) is 1. The molecule has 0 saturated heterocycles. The standard InChI is InChI=1S/C17H12Cl2N4O4/c1-9-16(17(24)22(2)21-9)20-12-7-11(19)15(8-13(12)23(25)26)27-14-6-4-3-5-10(14)18/h3-8H,1-2H3. The van der Waals surface area contributed by atoms with E-state index in [1.807, 2.05) is 0 Å². The van der Waals surface area contributed by atoms with E-state index in [4.69, 9.17) is 27.9 Å². The molecule has 1 aliphatic rings. The van der Waals surface area contributed by atoms with Gasteiger partial charge >= 0.3 is 0 Å². The molecular formula is C17H12Cl2N4O4. The molecule has 1 amide bonds. The van der Waals surface area contributed by atoms with Gasteiger partial charge in [-0.3, -0.25) is 14.9 Å². The summed E-state index contributed by atoms with van der Waals surface area (Å²) in [6.45, 7) is 1.59. The molecule has 1 heterocycles. The van der Waals surface area contributed by atoms with Crippen LogP contribution in [0.5, 0.6) is 11.5 Å². The number of hydrogen-bond donors (Lipinski definition) is 0. The van der Waals surface area contributed by atoms with Crippen LogP contribution in [0, 0.1) is 10.1 Å². The molecule has 0 radical (unpaired) electrons. The van der Waals surface area contributed by atoms with Gasteiger partial charge in [-0.2, -0.15) is 5.10 Å². The quantitative estimate of drug-likeness (QED) is 0.546. The molecule has 0 unspecified atom stereocenters. The van der Waals surface area contributed by atoms with E-state index in [1.54, 1.807) is 31.2 Å². The summed E-state index contributed by atoms with van der Waals surface area (Å²) >= 11 is 12.2. The Morgan fingerprint density at radius 1 is 1.19 bits per heavy atom. The van der Waals surface area contributed by atoms with E-state index < -0.39 is 10.8 Å². The van der Waals surface area contributed by atoms with E-state index in [0.717, 1.165) is 11.1 Å². The van der Waals surface area contributed by atoms with Gasteiger partial charge in [0.2, 0.25) is 0 Å². The number of rotatable bonds is 4. The van der Waals surface area contributed by atoms with Gasteiger partial charge in [-0.25, -0.2) is 10.0 Å². The van der Waals surface area contributed by atoms with Crippen LogP contribution in [0.1, 0.15) is 6.92 Å². The van der Waals surface area contributed by atoms with E-state index in [2.05, 4.69) is 10.1 Å². The lowest BCUT2D eigenvalue weighted by Gasteiger charge is -2.10. The van der Waals surface area contributed by atoms with Gasteiger partial charge in [0.05, 0.1) is 26.7 Å². The molecule has 0 atom stereocenters. The first-order valence-corrected chi connectivity index (χ1v) is 8.36. The summed E-state index contributed by atoms with van der Waals surface area (Å²) in [6.07, 6.45) is 0. The van der Waals surface area contributed by atoms with Crippen molar-refractivity contribution in [2.45, 2.75) is 6.92 Å². The van der Waals surface area contributed by atoms with Crippen molar-refractivity contribution in [1.82, 2.24) is 5.01 Å². The number of nitro groups is 1. The summed E-state index contributed by atoms with van der Waals surface area (Å²) in [6, 6.07) is 9.04. The van der Waals surface area contributed by atoms with Crippen LogP contribution in [-0.4, -0.2) is 34.3 Å². The molecule has 0 fully saturated rings. The van der Waals surface area contributed by atoms with Crippen LogP contribution in [0.25, 0.3) is 0 Å².